The average Bonchev–Trinajstić information content (AvgIpc) is 1.87. The summed E-state index contributed by atoms with van der Waals surface area (Å²) in [7, 11) is -1.24. The summed E-state index contributed by atoms with van der Waals surface area (Å²) >= 11 is 0. The lowest BCUT2D eigenvalue weighted by molar-refractivity contribution is 0.280. The van der Waals surface area contributed by atoms with E-state index in [4.69, 9.17) is 4.43 Å². The second-order valence-corrected chi connectivity index (χ2v) is 8.66. The Bertz CT molecular complexity index is 99.7. The van der Waals surface area contributed by atoms with Gasteiger partial charge in [0, 0.05) is 6.61 Å². The number of rotatable bonds is 5. The van der Waals surface area contributed by atoms with Gasteiger partial charge >= 0.3 is 0 Å². The standard InChI is InChI=1S/C9H22OSi/c1-6-11(4,5)10-8-7-9(2)3/h9H,6-8H2,1-5H3. The van der Waals surface area contributed by atoms with Crippen LogP contribution >= 0.6 is 0 Å². The molecule has 0 radical (unpaired) electrons. The summed E-state index contributed by atoms with van der Waals surface area (Å²) in [4.78, 5) is 0. The highest BCUT2D eigenvalue weighted by Gasteiger charge is 2.18. The fourth-order valence-electron chi connectivity index (χ4n) is 0.673. The predicted molar refractivity (Wildman–Crippen MR) is 53.4 cm³/mol. The Labute approximate surface area is 72.3 Å². The van der Waals surface area contributed by atoms with E-state index >= 15 is 0 Å². The van der Waals surface area contributed by atoms with Gasteiger partial charge in [0.2, 0.25) is 0 Å². The number of hydrogen-bond acceptors (Lipinski definition) is 1. The summed E-state index contributed by atoms with van der Waals surface area (Å²) in [5.41, 5.74) is 0. The molecule has 0 bridgehead atoms. The molecule has 0 spiro atoms. The van der Waals surface area contributed by atoms with Crippen LogP contribution in [0.4, 0.5) is 0 Å². The maximum absolute atomic E-state index is 5.83. The topological polar surface area (TPSA) is 9.23 Å². The molecule has 0 aliphatic carbocycles. The molecule has 0 aliphatic heterocycles. The molecule has 0 heterocycles. The van der Waals surface area contributed by atoms with Crippen LogP contribution in [0.3, 0.4) is 0 Å². The summed E-state index contributed by atoms with van der Waals surface area (Å²) in [6, 6.07) is 1.23. The van der Waals surface area contributed by atoms with Crippen LogP contribution in [0.25, 0.3) is 0 Å². The van der Waals surface area contributed by atoms with Crippen molar-refractivity contribution in [3.05, 3.63) is 0 Å². The fourth-order valence-corrected chi connectivity index (χ4v) is 1.55. The monoisotopic (exact) mass is 174 g/mol. The average molecular weight is 174 g/mol. The van der Waals surface area contributed by atoms with E-state index in [9.17, 15) is 0 Å². The minimum atomic E-state index is -1.24. The third-order valence-electron chi connectivity index (χ3n) is 2.04. The minimum Gasteiger partial charge on any atom is -0.417 e. The van der Waals surface area contributed by atoms with Gasteiger partial charge in [-0.3, -0.25) is 0 Å². The predicted octanol–water partition coefficient (Wildman–Crippen LogP) is 3.27. The van der Waals surface area contributed by atoms with Crippen molar-refractivity contribution in [3.8, 4) is 0 Å². The molecular weight excluding hydrogens is 152 g/mol. The minimum absolute atomic E-state index is 0.775. The van der Waals surface area contributed by atoms with Crippen LogP contribution in [0.15, 0.2) is 0 Å². The molecule has 2 heteroatoms. The Morgan fingerprint density at radius 2 is 1.82 bits per heavy atom. The highest BCUT2D eigenvalue weighted by molar-refractivity contribution is 6.71. The smallest absolute Gasteiger partial charge is 0.186 e. The lowest BCUT2D eigenvalue weighted by Crippen LogP contribution is -2.29. The normalized spacial score (nSPS) is 12.5. The van der Waals surface area contributed by atoms with Crippen LogP contribution < -0.4 is 0 Å². The van der Waals surface area contributed by atoms with E-state index in [2.05, 4.69) is 33.9 Å². The Hall–Kier alpha value is 0.177. The van der Waals surface area contributed by atoms with Crippen molar-refractivity contribution in [2.75, 3.05) is 6.61 Å². The van der Waals surface area contributed by atoms with E-state index in [0.29, 0.717) is 0 Å². The summed E-state index contributed by atoms with van der Waals surface area (Å²) in [6.45, 7) is 12.2. The summed E-state index contributed by atoms with van der Waals surface area (Å²) in [5.74, 6) is 0.775. The highest BCUT2D eigenvalue weighted by atomic mass is 28.4. The van der Waals surface area contributed by atoms with E-state index in [1.54, 1.807) is 0 Å². The molecule has 0 unspecified atom stereocenters. The molecule has 11 heavy (non-hydrogen) atoms. The molecular formula is C9H22OSi. The summed E-state index contributed by atoms with van der Waals surface area (Å²) in [5, 5.41) is 0. The number of hydrogen-bond donors (Lipinski definition) is 0. The SMILES string of the molecule is CC[Si](C)(C)OCCC(C)C. The molecule has 0 aromatic rings. The van der Waals surface area contributed by atoms with Gasteiger partial charge in [-0.25, -0.2) is 0 Å². The van der Waals surface area contributed by atoms with Crippen LogP contribution in [0.2, 0.25) is 19.1 Å². The van der Waals surface area contributed by atoms with Gasteiger partial charge in [0.25, 0.3) is 0 Å². The van der Waals surface area contributed by atoms with E-state index < -0.39 is 8.32 Å². The molecule has 0 rings (SSSR count). The van der Waals surface area contributed by atoms with Gasteiger partial charge < -0.3 is 4.43 Å². The molecule has 0 N–H and O–H groups in total. The second-order valence-electron chi connectivity index (χ2n) is 4.14. The van der Waals surface area contributed by atoms with Crippen molar-refractivity contribution in [1.29, 1.82) is 0 Å². The van der Waals surface area contributed by atoms with Crippen molar-refractivity contribution < 1.29 is 4.43 Å². The van der Waals surface area contributed by atoms with Gasteiger partial charge in [0.15, 0.2) is 8.32 Å². The summed E-state index contributed by atoms with van der Waals surface area (Å²) < 4.78 is 5.83. The quantitative estimate of drug-likeness (QED) is 0.581. The molecule has 0 saturated carbocycles. The van der Waals surface area contributed by atoms with Crippen molar-refractivity contribution >= 4 is 8.32 Å². The van der Waals surface area contributed by atoms with E-state index in [1.807, 2.05) is 0 Å². The van der Waals surface area contributed by atoms with Crippen LogP contribution in [0.1, 0.15) is 27.2 Å². The zero-order valence-corrected chi connectivity index (χ0v) is 9.61. The Morgan fingerprint density at radius 3 is 2.18 bits per heavy atom. The second kappa shape index (κ2) is 4.94. The van der Waals surface area contributed by atoms with Crippen LogP contribution in [-0.4, -0.2) is 14.9 Å². The van der Waals surface area contributed by atoms with Crippen molar-refractivity contribution in [1.82, 2.24) is 0 Å². The van der Waals surface area contributed by atoms with Gasteiger partial charge in [0.1, 0.15) is 0 Å². The first-order valence-electron chi connectivity index (χ1n) is 4.62. The molecule has 1 nitrogen and oxygen atoms in total. The van der Waals surface area contributed by atoms with Crippen molar-refractivity contribution in [2.45, 2.75) is 46.3 Å². The lowest BCUT2D eigenvalue weighted by Gasteiger charge is -2.21. The van der Waals surface area contributed by atoms with Crippen LogP contribution in [0, 0.1) is 5.92 Å². The first-order chi connectivity index (χ1) is 4.98. The fraction of sp³-hybridized carbons (Fsp3) is 1.00. The molecule has 0 amide bonds. The molecule has 68 valence electrons. The molecule has 0 aromatic carbocycles. The third-order valence-corrected chi connectivity index (χ3v) is 4.73. The maximum atomic E-state index is 5.83. The zero-order valence-electron chi connectivity index (χ0n) is 8.61. The molecule has 0 atom stereocenters. The first-order valence-corrected chi connectivity index (χ1v) is 7.73. The van der Waals surface area contributed by atoms with E-state index in [1.165, 1.54) is 12.5 Å². The van der Waals surface area contributed by atoms with Gasteiger partial charge in [-0.1, -0.05) is 20.8 Å². The van der Waals surface area contributed by atoms with Gasteiger partial charge in [-0.05, 0) is 31.5 Å². The molecule has 0 saturated heterocycles. The van der Waals surface area contributed by atoms with E-state index in [0.717, 1.165) is 12.5 Å². The lowest BCUT2D eigenvalue weighted by atomic mass is 10.2. The zero-order chi connectivity index (χ0) is 8.91. The van der Waals surface area contributed by atoms with Crippen LogP contribution in [0.5, 0.6) is 0 Å². The van der Waals surface area contributed by atoms with E-state index in [-0.39, 0.29) is 0 Å². The Morgan fingerprint density at radius 1 is 1.27 bits per heavy atom. The molecule has 0 aliphatic rings. The summed E-state index contributed by atoms with van der Waals surface area (Å²) in [6.07, 6.45) is 1.20. The molecule has 0 fully saturated rings. The first kappa shape index (κ1) is 11.2. The van der Waals surface area contributed by atoms with Crippen LogP contribution in [-0.2, 0) is 4.43 Å². The van der Waals surface area contributed by atoms with Crippen molar-refractivity contribution in [2.24, 2.45) is 5.92 Å². The Balaban J connectivity index is 3.38. The van der Waals surface area contributed by atoms with Gasteiger partial charge in [0.05, 0.1) is 0 Å². The van der Waals surface area contributed by atoms with Crippen molar-refractivity contribution in [3.63, 3.8) is 0 Å². The van der Waals surface area contributed by atoms with Gasteiger partial charge in [-0.15, -0.1) is 0 Å². The Kier molecular flexibility index (Phi) is 5.02. The molecule has 0 aromatic heterocycles. The van der Waals surface area contributed by atoms with Gasteiger partial charge in [-0.2, -0.15) is 0 Å². The third kappa shape index (κ3) is 6.57. The highest BCUT2D eigenvalue weighted by Crippen LogP contribution is 2.11. The largest absolute Gasteiger partial charge is 0.417 e. The maximum Gasteiger partial charge on any atom is 0.186 e.